The number of aromatic nitrogens is 3. The zero-order chi connectivity index (χ0) is 24.1. The highest BCUT2D eigenvalue weighted by atomic mass is 16.1. The van der Waals surface area contributed by atoms with E-state index in [0.717, 1.165) is 17.5 Å². The van der Waals surface area contributed by atoms with Crippen molar-refractivity contribution < 1.29 is 0 Å². The van der Waals surface area contributed by atoms with Crippen molar-refractivity contribution in [2.45, 2.75) is 52.1 Å². The molecule has 1 unspecified atom stereocenters. The Bertz CT molecular complexity index is 1370. The van der Waals surface area contributed by atoms with Crippen LogP contribution in [0, 0.1) is 0 Å². The molecule has 5 heteroatoms. The topological polar surface area (TPSA) is 56.9 Å². The number of hydrogen-bond acceptors (Lipinski definition) is 3. The summed E-state index contributed by atoms with van der Waals surface area (Å²) in [6.07, 6.45) is 7.44. The van der Waals surface area contributed by atoms with Crippen LogP contribution in [0.4, 0.5) is 0 Å². The van der Waals surface area contributed by atoms with Crippen molar-refractivity contribution in [3.05, 3.63) is 134 Å². The lowest BCUT2D eigenvalue weighted by Crippen LogP contribution is -2.19. The van der Waals surface area contributed by atoms with Crippen molar-refractivity contribution in [1.29, 1.82) is 0 Å². The van der Waals surface area contributed by atoms with Crippen molar-refractivity contribution in [2.75, 3.05) is 0 Å². The van der Waals surface area contributed by atoms with Gasteiger partial charge in [0.05, 0.1) is 19.3 Å². The molecule has 174 valence electrons. The van der Waals surface area contributed by atoms with Crippen LogP contribution in [0.25, 0.3) is 0 Å². The highest BCUT2D eigenvalue weighted by Gasteiger charge is 2.13. The molecule has 0 radical (unpaired) electrons. The quantitative estimate of drug-likeness (QED) is 0.378. The zero-order valence-electron chi connectivity index (χ0n) is 20.0. The molecule has 4 rings (SSSR count). The smallest absolute Gasteiger partial charge is 0.269 e. The van der Waals surface area contributed by atoms with Gasteiger partial charge in [-0.25, -0.2) is 0 Å². The third-order valence-electron chi connectivity index (χ3n) is 6.31. The molecule has 34 heavy (non-hydrogen) atoms. The highest BCUT2D eigenvalue weighted by Crippen LogP contribution is 2.28. The van der Waals surface area contributed by atoms with E-state index in [4.69, 9.17) is 0 Å². The largest absolute Gasteiger partial charge is 0.311 e. The molecular weight excluding hydrogens is 422 g/mol. The second-order valence-electron chi connectivity index (χ2n) is 9.24. The number of hydrogen-bond donors (Lipinski definition) is 0. The lowest BCUT2D eigenvalue weighted by Gasteiger charge is -2.19. The maximum atomic E-state index is 12.1. The van der Waals surface area contributed by atoms with Crippen molar-refractivity contribution in [2.24, 2.45) is 0 Å². The average molecular weight is 454 g/mol. The van der Waals surface area contributed by atoms with Gasteiger partial charge in [-0.05, 0) is 52.1 Å². The van der Waals surface area contributed by atoms with Crippen LogP contribution in [0.5, 0.6) is 0 Å². The molecule has 0 saturated carbocycles. The molecule has 0 spiro atoms. The van der Waals surface area contributed by atoms with Crippen molar-refractivity contribution in [3.63, 3.8) is 0 Å². The van der Waals surface area contributed by atoms with Gasteiger partial charge < -0.3 is 9.13 Å². The van der Waals surface area contributed by atoms with Crippen molar-refractivity contribution >= 4 is 0 Å². The van der Waals surface area contributed by atoms with Crippen LogP contribution >= 0.6 is 0 Å². The predicted octanol–water partition coefficient (Wildman–Crippen LogP) is 4.97. The molecule has 1 atom stereocenters. The van der Waals surface area contributed by atoms with Crippen LogP contribution in [0.2, 0.25) is 0 Å². The van der Waals surface area contributed by atoms with E-state index in [1.165, 1.54) is 22.9 Å². The Balaban J connectivity index is 1.52. The van der Waals surface area contributed by atoms with E-state index in [0.29, 0.717) is 24.9 Å². The van der Waals surface area contributed by atoms with Gasteiger partial charge in [-0.1, -0.05) is 69.3 Å². The molecule has 0 saturated heterocycles. The maximum absolute atomic E-state index is 12.1. The minimum Gasteiger partial charge on any atom is -0.311 e. The summed E-state index contributed by atoms with van der Waals surface area (Å²) in [4.78, 5) is 27.9. The maximum Gasteiger partial charge on any atom is 0.269 e. The summed E-state index contributed by atoms with van der Waals surface area (Å²) >= 11 is 0. The highest BCUT2D eigenvalue weighted by molar-refractivity contribution is 5.36. The fraction of sp³-hybridized carbons (Fsp3) is 0.276. The molecule has 0 bridgehead atoms. The predicted molar refractivity (Wildman–Crippen MR) is 136 cm³/mol. The molecule has 2 aromatic heterocycles. The van der Waals surface area contributed by atoms with Crippen LogP contribution in [-0.4, -0.2) is 14.1 Å². The molecule has 0 amide bonds. The van der Waals surface area contributed by atoms with Gasteiger partial charge in [-0.15, -0.1) is 0 Å². The summed E-state index contributed by atoms with van der Waals surface area (Å²) in [6.45, 7) is 7.80. The van der Waals surface area contributed by atoms with Gasteiger partial charge >= 0.3 is 0 Å². The van der Waals surface area contributed by atoms with Crippen LogP contribution in [0.3, 0.4) is 0 Å². The lowest BCUT2D eigenvalue weighted by atomic mass is 9.87. The zero-order valence-corrected chi connectivity index (χ0v) is 20.0. The van der Waals surface area contributed by atoms with E-state index >= 15 is 0 Å². The second kappa shape index (κ2) is 10.5. The first-order valence-electron chi connectivity index (χ1n) is 11.8. The number of rotatable bonds is 8. The van der Waals surface area contributed by atoms with E-state index in [9.17, 15) is 9.59 Å². The van der Waals surface area contributed by atoms with Crippen molar-refractivity contribution in [1.82, 2.24) is 14.1 Å². The molecule has 4 aromatic rings. The summed E-state index contributed by atoms with van der Waals surface area (Å²) < 4.78 is 3.40. The van der Waals surface area contributed by atoms with E-state index in [-0.39, 0.29) is 11.1 Å². The van der Waals surface area contributed by atoms with E-state index in [2.05, 4.69) is 68.2 Å². The molecule has 0 fully saturated rings. The Labute approximate surface area is 200 Å². The van der Waals surface area contributed by atoms with E-state index < -0.39 is 0 Å². The fourth-order valence-electron chi connectivity index (χ4n) is 4.39. The summed E-state index contributed by atoms with van der Waals surface area (Å²) in [5.41, 5.74) is 6.09. The second-order valence-corrected chi connectivity index (χ2v) is 9.24. The summed E-state index contributed by atoms with van der Waals surface area (Å²) in [5.74, 6) is 0.765. The third-order valence-corrected chi connectivity index (χ3v) is 6.31. The van der Waals surface area contributed by atoms with Gasteiger partial charge in [0.1, 0.15) is 0 Å². The molecule has 0 aliphatic rings. The first-order chi connectivity index (χ1) is 16.4. The third kappa shape index (κ3) is 5.60. The monoisotopic (exact) mass is 453 g/mol. The Morgan fingerprint density at radius 1 is 0.794 bits per heavy atom. The normalized spacial score (nSPS) is 12.1. The summed E-state index contributed by atoms with van der Waals surface area (Å²) in [7, 11) is 0. The number of pyridine rings is 1. The summed E-state index contributed by atoms with van der Waals surface area (Å²) in [6, 6.07) is 20.4. The van der Waals surface area contributed by atoms with Gasteiger partial charge in [0, 0.05) is 24.7 Å². The number of nitrogens with zero attached hydrogens (tertiary/aromatic N) is 3. The SMILES string of the molecule is CC(C)c1ccc(Cn2ccccc2=O)cc1CC(C)c1ccc(Cn2ccncc2=O)cc1. The van der Waals surface area contributed by atoms with Crippen LogP contribution in [0.15, 0.2) is 95.0 Å². The number of benzene rings is 2. The molecule has 0 aliphatic carbocycles. The van der Waals surface area contributed by atoms with Gasteiger partial charge in [-0.2, -0.15) is 0 Å². The van der Waals surface area contributed by atoms with Gasteiger partial charge in [0.15, 0.2) is 0 Å². The van der Waals surface area contributed by atoms with Crippen LogP contribution < -0.4 is 11.1 Å². The van der Waals surface area contributed by atoms with Gasteiger partial charge in [0.2, 0.25) is 0 Å². The standard InChI is InChI=1S/C29H31N3O2/c1-21(2)27-12-9-24(20-31-14-5-4-6-28(31)33)17-26(27)16-22(3)25-10-7-23(8-11-25)19-32-15-13-30-18-29(32)34/h4-15,17-18,21-22H,16,19-20H2,1-3H3. The van der Waals surface area contributed by atoms with Crippen LogP contribution in [0.1, 0.15) is 60.4 Å². The molecular formula is C29H31N3O2. The lowest BCUT2D eigenvalue weighted by molar-refractivity contribution is 0.723. The first kappa shape index (κ1) is 23.4. The fourth-order valence-corrected chi connectivity index (χ4v) is 4.39. The van der Waals surface area contributed by atoms with Crippen molar-refractivity contribution in [3.8, 4) is 0 Å². The van der Waals surface area contributed by atoms with Gasteiger partial charge in [-0.3, -0.25) is 14.6 Å². The molecule has 2 heterocycles. The Kier molecular flexibility index (Phi) is 7.21. The summed E-state index contributed by atoms with van der Waals surface area (Å²) in [5, 5.41) is 0. The minimum absolute atomic E-state index is 0.0134. The Morgan fingerprint density at radius 2 is 1.50 bits per heavy atom. The van der Waals surface area contributed by atoms with Crippen LogP contribution in [-0.2, 0) is 19.5 Å². The minimum atomic E-state index is -0.0983. The van der Waals surface area contributed by atoms with E-state index in [1.54, 1.807) is 33.7 Å². The average Bonchev–Trinajstić information content (AvgIpc) is 2.82. The Hall–Kier alpha value is -3.73. The van der Waals surface area contributed by atoms with Gasteiger partial charge in [0.25, 0.3) is 11.1 Å². The molecule has 5 nitrogen and oxygen atoms in total. The molecule has 2 aromatic carbocycles. The van der Waals surface area contributed by atoms with E-state index in [1.807, 2.05) is 12.3 Å². The first-order valence-corrected chi connectivity index (χ1v) is 11.8. The molecule has 0 aliphatic heterocycles. The molecule has 0 N–H and O–H groups in total. The Morgan fingerprint density at radius 3 is 2.21 bits per heavy atom.